The van der Waals surface area contributed by atoms with E-state index >= 15 is 0 Å². The SMILES string of the molecule is Cc1ccc(F)cc1S(=O)(=O)N1CC2(CC(CC(=O)N3CCOCC3)CO2)C1. The molecule has 9 heteroatoms. The Morgan fingerprint density at radius 2 is 2.00 bits per heavy atom. The summed E-state index contributed by atoms with van der Waals surface area (Å²) in [6, 6.07) is 3.79. The van der Waals surface area contributed by atoms with Crippen molar-refractivity contribution in [1.29, 1.82) is 0 Å². The lowest BCUT2D eigenvalue weighted by Gasteiger charge is -2.46. The minimum atomic E-state index is -3.75. The Hall–Kier alpha value is -1.55. The lowest BCUT2D eigenvalue weighted by atomic mass is 9.87. The van der Waals surface area contributed by atoms with Crippen molar-refractivity contribution in [3.05, 3.63) is 29.6 Å². The van der Waals surface area contributed by atoms with Gasteiger partial charge in [0.1, 0.15) is 5.82 Å². The van der Waals surface area contributed by atoms with Gasteiger partial charge >= 0.3 is 0 Å². The smallest absolute Gasteiger partial charge is 0.243 e. The van der Waals surface area contributed by atoms with Crippen molar-refractivity contribution in [2.75, 3.05) is 46.0 Å². The molecule has 3 aliphatic rings. The minimum absolute atomic E-state index is 0.000563. The van der Waals surface area contributed by atoms with Crippen LogP contribution < -0.4 is 0 Å². The third-order valence-corrected chi connectivity index (χ3v) is 7.74. The number of morpholine rings is 1. The van der Waals surface area contributed by atoms with Crippen LogP contribution in [0.2, 0.25) is 0 Å². The predicted octanol–water partition coefficient (Wildman–Crippen LogP) is 1.16. The van der Waals surface area contributed by atoms with E-state index in [9.17, 15) is 17.6 Å². The highest BCUT2D eigenvalue weighted by molar-refractivity contribution is 7.89. The van der Waals surface area contributed by atoms with E-state index in [4.69, 9.17) is 9.47 Å². The summed E-state index contributed by atoms with van der Waals surface area (Å²) >= 11 is 0. The van der Waals surface area contributed by atoms with Gasteiger partial charge in [-0.25, -0.2) is 12.8 Å². The van der Waals surface area contributed by atoms with Crippen LogP contribution in [0.4, 0.5) is 4.39 Å². The molecule has 1 aromatic rings. The zero-order valence-corrected chi connectivity index (χ0v) is 16.7. The van der Waals surface area contributed by atoms with Crippen molar-refractivity contribution in [2.45, 2.75) is 30.3 Å². The molecule has 3 saturated heterocycles. The molecule has 0 bridgehead atoms. The third-order valence-electron chi connectivity index (χ3n) is 5.81. The lowest BCUT2D eigenvalue weighted by Crippen LogP contribution is -2.63. The molecule has 3 fully saturated rings. The maximum absolute atomic E-state index is 13.5. The molecular formula is C19H25FN2O5S. The highest BCUT2D eigenvalue weighted by Crippen LogP contribution is 2.41. The van der Waals surface area contributed by atoms with Crippen LogP contribution >= 0.6 is 0 Å². The maximum Gasteiger partial charge on any atom is 0.243 e. The van der Waals surface area contributed by atoms with Crippen LogP contribution in [0.5, 0.6) is 0 Å². The summed E-state index contributed by atoms with van der Waals surface area (Å²) in [5.41, 5.74) is -0.00626. The molecule has 4 rings (SSSR count). The molecule has 0 aliphatic carbocycles. The van der Waals surface area contributed by atoms with Crippen molar-refractivity contribution in [1.82, 2.24) is 9.21 Å². The Morgan fingerprint density at radius 1 is 1.29 bits per heavy atom. The van der Waals surface area contributed by atoms with Gasteiger partial charge in [-0.15, -0.1) is 0 Å². The summed E-state index contributed by atoms with van der Waals surface area (Å²) in [5, 5.41) is 0. The number of ether oxygens (including phenoxy) is 2. The molecule has 1 aromatic carbocycles. The zero-order valence-electron chi connectivity index (χ0n) is 15.9. The second kappa shape index (κ2) is 7.37. The predicted molar refractivity (Wildman–Crippen MR) is 98.7 cm³/mol. The van der Waals surface area contributed by atoms with Crippen molar-refractivity contribution in [2.24, 2.45) is 5.92 Å². The molecule has 0 radical (unpaired) electrons. The number of aryl methyl sites for hydroxylation is 1. The van der Waals surface area contributed by atoms with Gasteiger partial charge in [0.05, 0.1) is 30.3 Å². The zero-order chi connectivity index (χ0) is 19.9. The molecule has 0 saturated carbocycles. The highest BCUT2D eigenvalue weighted by Gasteiger charge is 2.54. The number of carbonyl (C=O) groups is 1. The number of hydrogen-bond donors (Lipinski definition) is 0. The number of halogens is 1. The van der Waals surface area contributed by atoms with Gasteiger partial charge in [0, 0.05) is 32.6 Å². The van der Waals surface area contributed by atoms with E-state index in [1.54, 1.807) is 6.92 Å². The topological polar surface area (TPSA) is 76.2 Å². The first-order chi connectivity index (χ1) is 13.3. The number of amides is 1. The molecular weight excluding hydrogens is 387 g/mol. The number of benzene rings is 1. The fourth-order valence-electron chi connectivity index (χ4n) is 4.24. The number of nitrogens with zero attached hydrogens (tertiary/aromatic N) is 2. The van der Waals surface area contributed by atoms with Crippen LogP contribution in [0.1, 0.15) is 18.4 Å². The molecule has 1 spiro atoms. The van der Waals surface area contributed by atoms with Crippen LogP contribution in [0.3, 0.4) is 0 Å². The summed E-state index contributed by atoms with van der Waals surface area (Å²) in [6.07, 6.45) is 1.08. The molecule has 0 N–H and O–H groups in total. The Bertz CT molecular complexity index is 863. The number of carbonyl (C=O) groups excluding carboxylic acids is 1. The summed E-state index contributed by atoms with van der Waals surface area (Å²) in [7, 11) is -3.75. The van der Waals surface area contributed by atoms with Gasteiger partial charge in [0.25, 0.3) is 0 Å². The molecule has 3 heterocycles. The third kappa shape index (κ3) is 3.68. The van der Waals surface area contributed by atoms with Crippen molar-refractivity contribution in [3.8, 4) is 0 Å². The van der Waals surface area contributed by atoms with E-state index in [1.807, 2.05) is 4.90 Å². The Balaban J connectivity index is 1.35. The van der Waals surface area contributed by atoms with E-state index in [-0.39, 0.29) is 29.8 Å². The van der Waals surface area contributed by atoms with Crippen LogP contribution in [-0.4, -0.2) is 75.1 Å². The van der Waals surface area contributed by atoms with Crippen molar-refractivity contribution < 1.29 is 27.1 Å². The normalized spacial score (nSPS) is 25.1. The molecule has 1 atom stereocenters. The van der Waals surface area contributed by atoms with Gasteiger partial charge in [-0.05, 0) is 37.0 Å². The first-order valence-corrected chi connectivity index (χ1v) is 11.0. The van der Waals surface area contributed by atoms with Crippen LogP contribution in [0, 0.1) is 18.7 Å². The molecule has 28 heavy (non-hydrogen) atoms. The fraction of sp³-hybridized carbons (Fsp3) is 0.632. The number of hydrogen-bond acceptors (Lipinski definition) is 5. The van der Waals surface area contributed by atoms with E-state index in [0.717, 1.165) is 6.07 Å². The second-order valence-electron chi connectivity index (χ2n) is 7.94. The second-order valence-corrected chi connectivity index (χ2v) is 9.85. The minimum Gasteiger partial charge on any atom is -0.378 e. The molecule has 3 aliphatic heterocycles. The fourth-order valence-corrected chi connectivity index (χ4v) is 6.06. The van der Waals surface area contributed by atoms with Gasteiger partial charge in [-0.3, -0.25) is 4.79 Å². The van der Waals surface area contributed by atoms with Gasteiger partial charge in [0.15, 0.2) is 0 Å². The average Bonchev–Trinajstić information content (AvgIpc) is 3.07. The van der Waals surface area contributed by atoms with Crippen molar-refractivity contribution >= 4 is 15.9 Å². The van der Waals surface area contributed by atoms with Gasteiger partial charge in [-0.2, -0.15) is 4.31 Å². The maximum atomic E-state index is 13.5. The quantitative estimate of drug-likeness (QED) is 0.742. The van der Waals surface area contributed by atoms with E-state index in [2.05, 4.69) is 0 Å². The van der Waals surface area contributed by atoms with Gasteiger partial charge in [-0.1, -0.05) is 6.07 Å². The molecule has 0 aromatic heterocycles. The average molecular weight is 412 g/mol. The van der Waals surface area contributed by atoms with Crippen LogP contribution in [0.25, 0.3) is 0 Å². The van der Waals surface area contributed by atoms with Crippen molar-refractivity contribution in [3.63, 3.8) is 0 Å². The summed E-state index contributed by atoms with van der Waals surface area (Å²) in [4.78, 5) is 14.2. The van der Waals surface area contributed by atoms with Crippen LogP contribution in [0.15, 0.2) is 23.1 Å². The number of rotatable bonds is 4. The summed E-state index contributed by atoms with van der Waals surface area (Å²) in [5.74, 6) is -0.373. The van der Waals surface area contributed by atoms with Gasteiger partial charge in [0.2, 0.25) is 15.9 Å². The molecule has 154 valence electrons. The first-order valence-electron chi connectivity index (χ1n) is 9.55. The van der Waals surface area contributed by atoms with E-state index in [1.165, 1.54) is 16.4 Å². The van der Waals surface area contributed by atoms with Crippen LogP contribution in [-0.2, 0) is 24.3 Å². The van der Waals surface area contributed by atoms with E-state index < -0.39 is 21.4 Å². The lowest BCUT2D eigenvalue weighted by molar-refractivity contribution is -0.136. The Labute approximate surface area is 164 Å². The Morgan fingerprint density at radius 3 is 2.71 bits per heavy atom. The summed E-state index contributed by atoms with van der Waals surface area (Å²) < 4.78 is 51.7. The first kappa shape index (κ1) is 19.8. The molecule has 1 unspecified atom stereocenters. The molecule has 7 nitrogen and oxygen atoms in total. The largest absolute Gasteiger partial charge is 0.378 e. The highest BCUT2D eigenvalue weighted by atomic mass is 32.2. The monoisotopic (exact) mass is 412 g/mol. The molecule has 1 amide bonds. The number of sulfonamides is 1. The summed E-state index contributed by atoms with van der Waals surface area (Å²) in [6.45, 7) is 4.99. The van der Waals surface area contributed by atoms with Gasteiger partial charge < -0.3 is 14.4 Å². The van der Waals surface area contributed by atoms with E-state index in [0.29, 0.717) is 51.3 Å². The standard InChI is InChI=1S/C19H25FN2O5S/c1-14-2-3-16(20)9-17(14)28(24,25)22-12-19(13-22)10-15(11-27-19)8-18(23)21-4-6-26-7-5-21/h2-3,9,15H,4-8,10-13H2,1H3. The Kier molecular flexibility index (Phi) is 5.20.